The zero-order chi connectivity index (χ0) is 13.1. The molecule has 8 heteroatoms. The van der Waals surface area contributed by atoms with Gasteiger partial charge in [0, 0.05) is 6.54 Å². The minimum atomic E-state index is -3.65. The molecule has 0 aromatic heterocycles. The Morgan fingerprint density at radius 3 is 2.59 bits per heavy atom. The predicted octanol–water partition coefficient (Wildman–Crippen LogP) is -0.884. The highest BCUT2D eigenvalue weighted by molar-refractivity contribution is 7.89. The Balaban J connectivity index is 2.67. The van der Waals surface area contributed by atoms with Crippen molar-refractivity contribution in [1.29, 1.82) is 0 Å². The lowest BCUT2D eigenvalue weighted by Crippen LogP contribution is -2.31. The fourth-order valence-corrected chi connectivity index (χ4v) is 1.49. The number of phenolic OH excluding ortho intramolecular Hbond substituents is 2. The van der Waals surface area contributed by atoms with Crippen LogP contribution in [0, 0.1) is 0 Å². The van der Waals surface area contributed by atoms with Gasteiger partial charge in [-0.3, -0.25) is 4.79 Å². The van der Waals surface area contributed by atoms with Crippen LogP contribution in [0.3, 0.4) is 0 Å². The average molecular weight is 260 g/mol. The maximum Gasteiger partial charge on any atom is 0.255 e. The molecule has 0 aliphatic heterocycles. The number of primary sulfonamides is 1. The van der Waals surface area contributed by atoms with E-state index in [1.54, 1.807) is 0 Å². The van der Waals surface area contributed by atoms with Gasteiger partial charge in [-0.15, -0.1) is 0 Å². The van der Waals surface area contributed by atoms with E-state index in [-0.39, 0.29) is 23.6 Å². The normalized spacial score (nSPS) is 11.1. The van der Waals surface area contributed by atoms with E-state index in [0.29, 0.717) is 0 Å². The van der Waals surface area contributed by atoms with Crippen LogP contribution in [0.2, 0.25) is 0 Å². The quantitative estimate of drug-likeness (QED) is 0.522. The third kappa shape index (κ3) is 4.29. The molecule has 0 heterocycles. The first kappa shape index (κ1) is 13.3. The van der Waals surface area contributed by atoms with Crippen molar-refractivity contribution in [1.82, 2.24) is 5.32 Å². The topological polar surface area (TPSA) is 130 Å². The predicted molar refractivity (Wildman–Crippen MR) is 60.1 cm³/mol. The number of rotatable bonds is 4. The number of carbonyl (C=O) groups excluding carboxylic acids is 1. The Kier molecular flexibility index (Phi) is 3.92. The number of hydrogen-bond acceptors (Lipinski definition) is 5. The highest BCUT2D eigenvalue weighted by atomic mass is 32.2. The summed E-state index contributed by atoms with van der Waals surface area (Å²) in [6, 6.07) is 3.45. The summed E-state index contributed by atoms with van der Waals surface area (Å²) in [5, 5.41) is 25.5. The summed E-state index contributed by atoms with van der Waals surface area (Å²) >= 11 is 0. The molecular weight excluding hydrogens is 248 g/mol. The molecule has 0 bridgehead atoms. The molecule has 0 atom stereocenters. The summed E-state index contributed by atoms with van der Waals surface area (Å²) in [4.78, 5) is 11.5. The van der Waals surface area contributed by atoms with Crippen LogP contribution in [0.25, 0.3) is 0 Å². The van der Waals surface area contributed by atoms with Crippen molar-refractivity contribution in [2.75, 3.05) is 12.3 Å². The third-order valence-electron chi connectivity index (χ3n) is 1.90. The first-order valence-corrected chi connectivity index (χ1v) is 6.32. The molecule has 0 aliphatic rings. The Bertz CT molecular complexity index is 526. The van der Waals surface area contributed by atoms with E-state index < -0.39 is 21.7 Å². The average Bonchev–Trinajstić information content (AvgIpc) is 2.19. The summed E-state index contributed by atoms with van der Waals surface area (Å²) in [5.74, 6) is -1.59. The highest BCUT2D eigenvalue weighted by Gasteiger charge is 2.12. The molecule has 1 rings (SSSR count). The number of nitrogens with one attached hydrogen (secondary N) is 1. The first-order valence-electron chi connectivity index (χ1n) is 4.60. The summed E-state index contributed by atoms with van der Waals surface area (Å²) in [5.41, 5.74) is -0.139. The van der Waals surface area contributed by atoms with Crippen LogP contribution in [0.1, 0.15) is 10.4 Å². The van der Waals surface area contributed by atoms with Gasteiger partial charge in [-0.25, -0.2) is 13.6 Å². The number of aromatic hydroxyl groups is 2. The van der Waals surface area contributed by atoms with Crippen LogP contribution in [-0.4, -0.2) is 36.8 Å². The molecule has 0 saturated heterocycles. The summed E-state index contributed by atoms with van der Waals surface area (Å²) in [7, 11) is -3.65. The number of amides is 1. The largest absolute Gasteiger partial charge is 0.508 e. The molecule has 0 radical (unpaired) electrons. The lowest BCUT2D eigenvalue weighted by atomic mass is 10.2. The zero-order valence-corrected chi connectivity index (χ0v) is 9.57. The van der Waals surface area contributed by atoms with E-state index >= 15 is 0 Å². The smallest absolute Gasteiger partial charge is 0.255 e. The van der Waals surface area contributed by atoms with Gasteiger partial charge in [-0.05, 0) is 18.2 Å². The van der Waals surface area contributed by atoms with Gasteiger partial charge in [0.15, 0.2) is 0 Å². The van der Waals surface area contributed by atoms with Crippen LogP contribution >= 0.6 is 0 Å². The van der Waals surface area contributed by atoms with Crippen molar-refractivity contribution >= 4 is 15.9 Å². The Labute approximate surface area is 97.9 Å². The van der Waals surface area contributed by atoms with Gasteiger partial charge in [0.2, 0.25) is 10.0 Å². The van der Waals surface area contributed by atoms with E-state index in [4.69, 9.17) is 10.2 Å². The molecule has 1 amide bonds. The van der Waals surface area contributed by atoms with E-state index in [0.717, 1.165) is 12.1 Å². The molecule has 0 saturated carbocycles. The van der Waals surface area contributed by atoms with Crippen LogP contribution in [0.15, 0.2) is 18.2 Å². The van der Waals surface area contributed by atoms with Gasteiger partial charge in [0.25, 0.3) is 5.91 Å². The molecular formula is C9H12N2O5S. The standard InChI is InChI=1S/C9H12N2O5S/c10-17(15,16)4-3-11-9(14)7-5-6(12)1-2-8(7)13/h1-2,5,12-13H,3-4H2,(H,11,14)(H2,10,15,16). The fourth-order valence-electron chi connectivity index (χ4n) is 1.11. The van der Waals surface area contributed by atoms with E-state index in [2.05, 4.69) is 5.32 Å². The maximum atomic E-state index is 11.5. The second-order valence-electron chi connectivity index (χ2n) is 3.32. The Morgan fingerprint density at radius 1 is 1.35 bits per heavy atom. The molecule has 0 fully saturated rings. The minimum absolute atomic E-state index is 0.139. The highest BCUT2D eigenvalue weighted by Crippen LogP contribution is 2.21. The molecule has 5 N–H and O–H groups in total. The van der Waals surface area contributed by atoms with E-state index in [1.165, 1.54) is 6.07 Å². The van der Waals surface area contributed by atoms with Crippen molar-refractivity contribution in [2.24, 2.45) is 5.14 Å². The Morgan fingerprint density at radius 2 is 2.00 bits per heavy atom. The monoisotopic (exact) mass is 260 g/mol. The van der Waals surface area contributed by atoms with Crippen LogP contribution in [0.4, 0.5) is 0 Å². The van der Waals surface area contributed by atoms with Crippen molar-refractivity contribution in [3.05, 3.63) is 23.8 Å². The number of phenols is 2. The lowest BCUT2D eigenvalue weighted by Gasteiger charge is -2.06. The number of nitrogens with two attached hydrogens (primary N) is 1. The minimum Gasteiger partial charge on any atom is -0.508 e. The van der Waals surface area contributed by atoms with Crippen molar-refractivity contribution < 1.29 is 23.4 Å². The van der Waals surface area contributed by atoms with Crippen LogP contribution < -0.4 is 10.5 Å². The van der Waals surface area contributed by atoms with Gasteiger partial charge < -0.3 is 15.5 Å². The molecule has 1 aromatic carbocycles. The number of benzene rings is 1. The van der Waals surface area contributed by atoms with E-state index in [1.807, 2.05) is 0 Å². The summed E-state index contributed by atoms with van der Waals surface area (Å²) < 4.78 is 21.2. The SMILES string of the molecule is NS(=O)(=O)CCNC(=O)c1cc(O)ccc1O. The summed E-state index contributed by atoms with van der Waals surface area (Å²) in [6.45, 7) is -0.174. The molecule has 0 spiro atoms. The van der Waals surface area contributed by atoms with Crippen molar-refractivity contribution in [3.8, 4) is 11.5 Å². The first-order chi connectivity index (χ1) is 7.79. The van der Waals surface area contributed by atoms with Gasteiger partial charge in [0.1, 0.15) is 11.5 Å². The fraction of sp³-hybridized carbons (Fsp3) is 0.222. The molecule has 94 valence electrons. The Hall–Kier alpha value is -1.80. The third-order valence-corrected chi connectivity index (χ3v) is 2.67. The van der Waals surface area contributed by atoms with E-state index in [9.17, 15) is 18.3 Å². The van der Waals surface area contributed by atoms with Gasteiger partial charge >= 0.3 is 0 Å². The van der Waals surface area contributed by atoms with Crippen LogP contribution in [-0.2, 0) is 10.0 Å². The number of hydrogen-bond donors (Lipinski definition) is 4. The van der Waals surface area contributed by atoms with Crippen molar-refractivity contribution in [3.63, 3.8) is 0 Å². The second-order valence-corrected chi connectivity index (χ2v) is 5.06. The molecule has 7 nitrogen and oxygen atoms in total. The van der Waals surface area contributed by atoms with Gasteiger partial charge in [-0.1, -0.05) is 0 Å². The van der Waals surface area contributed by atoms with Crippen LogP contribution in [0.5, 0.6) is 11.5 Å². The molecule has 0 aliphatic carbocycles. The zero-order valence-electron chi connectivity index (χ0n) is 8.75. The van der Waals surface area contributed by atoms with Crippen molar-refractivity contribution in [2.45, 2.75) is 0 Å². The molecule has 1 aromatic rings. The van der Waals surface area contributed by atoms with Gasteiger partial charge in [0.05, 0.1) is 11.3 Å². The number of carbonyl (C=O) groups is 1. The van der Waals surface area contributed by atoms with Gasteiger partial charge in [-0.2, -0.15) is 0 Å². The summed E-state index contributed by atoms with van der Waals surface area (Å²) in [6.07, 6.45) is 0. The molecule has 17 heavy (non-hydrogen) atoms. The lowest BCUT2D eigenvalue weighted by molar-refractivity contribution is 0.0953. The number of sulfonamides is 1. The maximum absolute atomic E-state index is 11.5. The second kappa shape index (κ2) is 5.02. The molecule has 0 unspecified atom stereocenters.